The van der Waals surface area contributed by atoms with Gasteiger partial charge in [0.1, 0.15) is 0 Å². The molecular weight excluding hydrogens is 216 g/mol. The second-order valence-electron chi connectivity index (χ2n) is 0. The van der Waals surface area contributed by atoms with Crippen LogP contribution < -0.4 is 0 Å². The Balaban J connectivity index is 0. The molecule has 0 aliphatic heterocycles. The van der Waals surface area contributed by atoms with E-state index in [2.05, 4.69) is 0 Å². The lowest BCUT2D eigenvalue weighted by Gasteiger charge is -0.358. The Morgan fingerprint density at radius 1 is 0.111 bits per heavy atom. The Kier molecular flexibility index (Phi) is 0. The topological polar surface area (TPSA) is 0 Å². The van der Waals surface area contributed by atoms with Crippen LogP contribution in [0.1, 0.15) is 126 Å². The molecule has 0 aromatic rings. The maximum atomic E-state index is 0. The van der Waals surface area contributed by atoms with Crippen LogP contribution in [0.15, 0.2) is 0 Å². The van der Waals surface area contributed by atoms with Gasteiger partial charge >= 0.3 is 0 Å². The summed E-state index contributed by atoms with van der Waals surface area (Å²) in [6.07, 6.45) is 0. The Bertz CT molecular complexity index is 0. The van der Waals surface area contributed by atoms with E-state index in [1.54, 1.807) is 0 Å². The first-order chi connectivity index (χ1) is 0. The number of hydrogen-bond donors (Lipinski definition) is 0. The molecule has 0 bridgehead atoms. The van der Waals surface area contributed by atoms with E-state index in [1.165, 1.54) is 0 Å². The van der Waals surface area contributed by atoms with Gasteiger partial charge in [0.15, 0.2) is 0 Å². The van der Waals surface area contributed by atoms with Crippen molar-refractivity contribution >= 4 is 0 Å². The van der Waals surface area contributed by atoms with E-state index in [0.717, 1.165) is 0 Å². The molecule has 0 aromatic carbocycles. The molecule has 0 aliphatic carbocycles. The summed E-state index contributed by atoms with van der Waals surface area (Å²) in [5.74, 6) is 0. The molecule has 18 heavy (non-hydrogen) atoms. The summed E-state index contributed by atoms with van der Waals surface area (Å²) in [6, 6.07) is 0. The molecule has 0 spiro atoms. The van der Waals surface area contributed by atoms with Gasteiger partial charge in [-0.25, -0.2) is 0 Å². The highest BCUT2D eigenvalue weighted by molar-refractivity contribution is 3.24. The Hall–Kier alpha value is 0. The van der Waals surface area contributed by atoms with E-state index in [4.69, 9.17) is 0 Å². The van der Waals surface area contributed by atoms with Crippen molar-refractivity contribution in [2.45, 2.75) is 126 Å². The zero-order valence-electron chi connectivity index (χ0n) is 1.00. The molecule has 0 saturated heterocycles. The minimum atomic E-state index is 0. The van der Waals surface area contributed by atoms with Gasteiger partial charge in [0.2, 0.25) is 0 Å². The van der Waals surface area contributed by atoms with Gasteiger partial charge in [-0.15, -0.1) is 0 Å². The second-order valence-corrected chi connectivity index (χ2v) is 0. The van der Waals surface area contributed by atoms with Crippen LogP contribution in [0.2, 0.25) is 0 Å². The van der Waals surface area contributed by atoms with E-state index < -0.39 is 0 Å². The first kappa shape index (κ1) is 0. The second kappa shape index (κ2) is 0. The van der Waals surface area contributed by atoms with E-state index in [1.807, 2.05) is 0 Å². The van der Waals surface area contributed by atoms with Crippen LogP contribution in [0.5, 0.6) is 0 Å². The van der Waals surface area contributed by atoms with E-state index in [9.17, 15) is 0 Å². The van der Waals surface area contributed by atoms with Gasteiger partial charge in [-0.2, -0.15) is 0 Å². The lowest BCUT2D eigenvalue weighted by atomic mass is 12.0. The SMILES string of the molecule is C.C.C.C.C.C.C.C.C.C.C.C.C.C.C.C.C.[CH3-]. The summed E-state index contributed by atoms with van der Waals surface area (Å²) < 4.78 is 0. The zero-order valence-corrected chi connectivity index (χ0v) is 1.00. The van der Waals surface area contributed by atoms with E-state index in [-0.39, 0.29) is 134 Å². The van der Waals surface area contributed by atoms with Crippen molar-refractivity contribution in [1.29, 1.82) is 0 Å². The predicted molar refractivity (Wildman–Crippen MR) is 121 cm³/mol. The summed E-state index contributed by atoms with van der Waals surface area (Å²) in [6.45, 7) is 0. The molecule has 0 radical (unpaired) electrons. The van der Waals surface area contributed by atoms with Gasteiger partial charge in [0.05, 0.1) is 0 Å². The van der Waals surface area contributed by atoms with Gasteiger partial charge in [-0.3, -0.25) is 0 Å². The van der Waals surface area contributed by atoms with Crippen molar-refractivity contribution in [2.75, 3.05) is 0 Å². The van der Waals surface area contributed by atoms with Crippen LogP contribution in [0.4, 0.5) is 0 Å². The molecule has 0 nitrogen and oxygen atoms in total. The molecule has 0 atom stereocenters. The van der Waals surface area contributed by atoms with Crippen molar-refractivity contribution < 1.29 is 0 Å². The van der Waals surface area contributed by atoms with Crippen LogP contribution >= 0.6 is 0 Å². The van der Waals surface area contributed by atoms with Crippen molar-refractivity contribution in [3.8, 4) is 0 Å². The van der Waals surface area contributed by atoms with Gasteiger partial charge in [-0.1, -0.05) is 126 Å². The highest BCUT2D eigenvalue weighted by Crippen LogP contribution is 0.160. The van der Waals surface area contributed by atoms with E-state index >= 15 is 0 Å². The maximum absolute atomic E-state index is 0. The first-order valence-electron chi connectivity index (χ1n) is 0. The molecule has 0 aliphatic rings. The fraction of sp³-hybridized carbons (Fsp3) is 0.944. The fourth-order valence-electron chi connectivity index (χ4n) is 0. The van der Waals surface area contributed by atoms with Crippen LogP contribution in [-0.2, 0) is 0 Å². The van der Waals surface area contributed by atoms with Gasteiger partial charge < -0.3 is 7.43 Å². The van der Waals surface area contributed by atoms with Crippen molar-refractivity contribution in [1.82, 2.24) is 0 Å². The monoisotopic (exact) mass is 288 g/mol. The minimum absolute atomic E-state index is 0. The summed E-state index contributed by atoms with van der Waals surface area (Å²) in [7, 11) is 0. The smallest absolute Gasteiger partial charge is 0.0776 e. The molecule has 0 unspecified atom stereocenters. The molecule has 0 N–H and O–H groups in total. The minimum Gasteiger partial charge on any atom is -0.358 e. The predicted octanol–water partition coefficient (Wildman–Crippen LogP) is 11.3. The van der Waals surface area contributed by atoms with Gasteiger partial charge in [0, 0.05) is 0 Å². The number of rotatable bonds is 0. The number of hydrogen-bond acceptors (Lipinski definition) is 0. The molecule has 0 saturated carbocycles. The Morgan fingerprint density at radius 3 is 0.111 bits per heavy atom. The molecular formula is C18H71-. The molecule has 0 heterocycles. The first-order valence-corrected chi connectivity index (χ1v) is 0. The van der Waals surface area contributed by atoms with Gasteiger partial charge in [0.25, 0.3) is 0 Å². The average Bonchev–Trinajstić information content (AvgIpc) is 0. The zero-order chi connectivity index (χ0) is 0. The summed E-state index contributed by atoms with van der Waals surface area (Å²) in [4.78, 5) is 0. The molecule has 0 heteroatoms. The van der Waals surface area contributed by atoms with Crippen LogP contribution in [0.25, 0.3) is 0 Å². The Morgan fingerprint density at radius 2 is 0.111 bits per heavy atom. The Labute approximate surface area is 134 Å². The van der Waals surface area contributed by atoms with Crippen LogP contribution in [0.3, 0.4) is 0 Å². The highest BCUT2D eigenvalue weighted by atomic mass is 12.0. The van der Waals surface area contributed by atoms with E-state index in [0.29, 0.717) is 0 Å². The quantitative estimate of drug-likeness (QED) is 0.388. The van der Waals surface area contributed by atoms with Crippen LogP contribution in [0, 0.1) is 7.43 Å². The lowest BCUT2D eigenvalue weighted by Crippen LogP contribution is 0.0811. The normalized spacial score (nSPS) is 0. The van der Waals surface area contributed by atoms with Crippen LogP contribution in [-0.4, -0.2) is 0 Å². The fourth-order valence-corrected chi connectivity index (χ4v) is 0. The highest BCUT2D eigenvalue weighted by Gasteiger charge is -0.0615. The molecule has 0 aromatic heterocycles. The van der Waals surface area contributed by atoms with Crippen molar-refractivity contribution in [3.05, 3.63) is 7.43 Å². The van der Waals surface area contributed by atoms with Gasteiger partial charge in [-0.05, 0) is 0 Å². The standard InChI is InChI=1S/17CH4.CH3/h17*1H4;1H3/q;;;;;;;;;;;;;;;;;-1. The summed E-state index contributed by atoms with van der Waals surface area (Å²) in [5, 5.41) is 0. The third-order valence-corrected chi connectivity index (χ3v) is 0. The molecule has 0 fully saturated rings. The third kappa shape index (κ3) is 0. The molecule has 0 amide bonds. The van der Waals surface area contributed by atoms with Crippen molar-refractivity contribution in [3.63, 3.8) is 0 Å². The molecule has 0 rings (SSSR count). The third-order valence-electron chi connectivity index (χ3n) is 0. The largest absolute Gasteiger partial charge is 0.358 e. The lowest BCUT2D eigenvalue weighted by molar-refractivity contribution is 2.50. The molecule has 144 valence electrons. The maximum Gasteiger partial charge on any atom is -0.0776 e. The average molecular weight is 288 g/mol. The summed E-state index contributed by atoms with van der Waals surface area (Å²) >= 11 is 0. The van der Waals surface area contributed by atoms with Crippen molar-refractivity contribution in [2.24, 2.45) is 0 Å². The summed E-state index contributed by atoms with van der Waals surface area (Å²) in [5.41, 5.74) is 0.